The van der Waals surface area contributed by atoms with E-state index in [0.717, 1.165) is 24.3 Å². The van der Waals surface area contributed by atoms with E-state index in [9.17, 15) is 4.79 Å². The van der Waals surface area contributed by atoms with Crippen molar-refractivity contribution in [3.05, 3.63) is 51.2 Å². The summed E-state index contributed by atoms with van der Waals surface area (Å²) in [6.45, 7) is 3.37. The largest absolute Gasteiger partial charge is 0.493 e. The molecular formula is C15H15NO2S. The van der Waals surface area contributed by atoms with Crippen molar-refractivity contribution < 1.29 is 9.53 Å². The molecule has 19 heavy (non-hydrogen) atoms. The van der Waals surface area contributed by atoms with Gasteiger partial charge < -0.3 is 10.1 Å². The molecule has 0 atom stereocenters. The van der Waals surface area contributed by atoms with E-state index in [1.54, 1.807) is 11.3 Å². The smallest absolute Gasteiger partial charge is 0.251 e. The van der Waals surface area contributed by atoms with Crippen LogP contribution in [0, 0.1) is 6.92 Å². The molecule has 0 saturated heterocycles. The first kappa shape index (κ1) is 12.2. The lowest BCUT2D eigenvalue weighted by atomic mass is 10.1. The average molecular weight is 273 g/mol. The van der Waals surface area contributed by atoms with E-state index in [0.29, 0.717) is 12.1 Å². The minimum atomic E-state index is -0.0271. The fourth-order valence-electron chi connectivity index (χ4n) is 2.18. The lowest BCUT2D eigenvalue weighted by Crippen LogP contribution is -2.22. The Balaban J connectivity index is 1.67. The second-order valence-electron chi connectivity index (χ2n) is 4.62. The third-order valence-electron chi connectivity index (χ3n) is 3.17. The number of hydrogen-bond acceptors (Lipinski definition) is 3. The number of ether oxygens (including phenoxy) is 1. The van der Waals surface area contributed by atoms with Crippen LogP contribution < -0.4 is 10.1 Å². The molecule has 2 aromatic rings. The van der Waals surface area contributed by atoms with Crippen LogP contribution in [0.1, 0.15) is 25.7 Å². The summed E-state index contributed by atoms with van der Waals surface area (Å²) < 4.78 is 5.44. The zero-order valence-corrected chi connectivity index (χ0v) is 11.5. The van der Waals surface area contributed by atoms with E-state index < -0.39 is 0 Å². The minimum absolute atomic E-state index is 0.0271. The van der Waals surface area contributed by atoms with Gasteiger partial charge >= 0.3 is 0 Å². The van der Waals surface area contributed by atoms with Gasteiger partial charge in [0.15, 0.2) is 0 Å². The van der Waals surface area contributed by atoms with Gasteiger partial charge in [0.25, 0.3) is 5.91 Å². The standard InChI is InChI=1S/C15H15NO2S/c1-10-2-4-13(19-10)9-16-15(17)12-3-5-14-11(8-12)6-7-18-14/h2-5,8H,6-7,9H2,1H3,(H,16,17). The van der Waals surface area contributed by atoms with Crippen molar-refractivity contribution in [3.8, 4) is 5.75 Å². The van der Waals surface area contributed by atoms with Crippen LogP contribution in [0.2, 0.25) is 0 Å². The maximum absolute atomic E-state index is 12.1. The first-order valence-corrected chi connectivity index (χ1v) is 7.13. The topological polar surface area (TPSA) is 38.3 Å². The van der Waals surface area contributed by atoms with Crippen LogP contribution in [0.25, 0.3) is 0 Å². The number of aryl methyl sites for hydroxylation is 1. The normalized spacial score (nSPS) is 12.9. The van der Waals surface area contributed by atoms with Crippen molar-refractivity contribution in [1.29, 1.82) is 0 Å². The number of thiophene rings is 1. The molecule has 1 aliphatic heterocycles. The second kappa shape index (κ2) is 5.05. The van der Waals surface area contributed by atoms with E-state index in [4.69, 9.17) is 4.74 Å². The summed E-state index contributed by atoms with van der Waals surface area (Å²) >= 11 is 1.71. The molecule has 1 N–H and O–H groups in total. The van der Waals surface area contributed by atoms with Crippen molar-refractivity contribution in [3.63, 3.8) is 0 Å². The minimum Gasteiger partial charge on any atom is -0.493 e. The first-order valence-electron chi connectivity index (χ1n) is 6.31. The number of nitrogens with one attached hydrogen (secondary N) is 1. The van der Waals surface area contributed by atoms with E-state index in [1.807, 2.05) is 18.2 Å². The Morgan fingerprint density at radius 2 is 2.26 bits per heavy atom. The number of carbonyl (C=O) groups excluding carboxylic acids is 1. The second-order valence-corrected chi connectivity index (χ2v) is 5.99. The van der Waals surface area contributed by atoms with Crippen LogP contribution in [-0.2, 0) is 13.0 Å². The predicted molar refractivity (Wildman–Crippen MR) is 75.9 cm³/mol. The Morgan fingerprint density at radius 3 is 3.05 bits per heavy atom. The maximum atomic E-state index is 12.1. The number of rotatable bonds is 3. The zero-order valence-electron chi connectivity index (χ0n) is 10.7. The van der Waals surface area contributed by atoms with E-state index >= 15 is 0 Å². The van der Waals surface area contributed by atoms with Gasteiger partial charge in [-0.1, -0.05) is 0 Å². The fraction of sp³-hybridized carbons (Fsp3) is 0.267. The van der Waals surface area contributed by atoms with Gasteiger partial charge in [-0.05, 0) is 42.8 Å². The fourth-order valence-corrected chi connectivity index (χ4v) is 3.01. The maximum Gasteiger partial charge on any atom is 0.251 e. The predicted octanol–water partition coefficient (Wildman–Crippen LogP) is 2.92. The van der Waals surface area contributed by atoms with E-state index in [-0.39, 0.29) is 5.91 Å². The Hall–Kier alpha value is -1.81. The van der Waals surface area contributed by atoms with Crippen molar-refractivity contribution in [2.24, 2.45) is 0 Å². The van der Waals surface area contributed by atoms with Crippen LogP contribution in [0.15, 0.2) is 30.3 Å². The first-order chi connectivity index (χ1) is 9.22. The molecule has 0 aliphatic carbocycles. The number of fused-ring (bicyclic) bond motifs is 1. The zero-order chi connectivity index (χ0) is 13.2. The molecule has 4 heteroatoms. The summed E-state index contributed by atoms with van der Waals surface area (Å²) in [4.78, 5) is 14.5. The Bertz CT molecular complexity index is 618. The molecule has 1 aliphatic rings. The SMILES string of the molecule is Cc1ccc(CNC(=O)c2ccc3c(c2)CCO3)s1. The van der Waals surface area contributed by atoms with Crippen molar-refractivity contribution in [2.75, 3.05) is 6.61 Å². The molecule has 0 saturated carbocycles. The molecule has 0 bridgehead atoms. The molecule has 98 valence electrons. The van der Waals surface area contributed by atoms with Crippen molar-refractivity contribution in [2.45, 2.75) is 19.9 Å². The monoisotopic (exact) mass is 273 g/mol. The molecular weight excluding hydrogens is 258 g/mol. The van der Waals surface area contributed by atoms with Gasteiger partial charge in [-0.3, -0.25) is 4.79 Å². The number of amides is 1. The van der Waals surface area contributed by atoms with Crippen LogP contribution in [0.4, 0.5) is 0 Å². The molecule has 2 heterocycles. The molecule has 0 unspecified atom stereocenters. The molecule has 3 nitrogen and oxygen atoms in total. The highest BCUT2D eigenvalue weighted by atomic mass is 32.1. The van der Waals surface area contributed by atoms with Crippen LogP contribution in [-0.4, -0.2) is 12.5 Å². The average Bonchev–Trinajstić information content (AvgIpc) is 3.03. The lowest BCUT2D eigenvalue weighted by Gasteiger charge is -2.05. The molecule has 0 radical (unpaired) electrons. The van der Waals surface area contributed by atoms with Gasteiger partial charge in [0.2, 0.25) is 0 Å². The number of hydrogen-bond donors (Lipinski definition) is 1. The van der Waals surface area contributed by atoms with Crippen LogP contribution >= 0.6 is 11.3 Å². The van der Waals surface area contributed by atoms with Crippen LogP contribution in [0.3, 0.4) is 0 Å². The Labute approximate surface area is 116 Å². The summed E-state index contributed by atoms with van der Waals surface area (Å²) in [6, 6.07) is 9.75. The summed E-state index contributed by atoms with van der Waals surface area (Å²) in [7, 11) is 0. The quantitative estimate of drug-likeness (QED) is 0.933. The molecule has 0 spiro atoms. The number of benzene rings is 1. The molecule has 0 fully saturated rings. The molecule has 3 rings (SSSR count). The van der Waals surface area contributed by atoms with E-state index in [1.165, 1.54) is 9.75 Å². The van der Waals surface area contributed by atoms with Gasteiger partial charge in [-0.15, -0.1) is 11.3 Å². The van der Waals surface area contributed by atoms with Gasteiger partial charge in [0, 0.05) is 21.7 Å². The summed E-state index contributed by atoms with van der Waals surface area (Å²) in [6.07, 6.45) is 0.889. The number of carbonyl (C=O) groups is 1. The third kappa shape index (κ3) is 2.63. The Morgan fingerprint density at radius 1 is 1.37 bits per heavy atom. The van der Waals surface area contributed by atoms with Crippen LogP contribution in [0.5, 0.6) is 5.75 Å². The van der Waals surface area contributed by atoms with Crippen molar-refractivity contribution in [1.82, 2.24) is 5.32 Å². The summed E-state index contributed by atoms with van der Waals surface area (Å²) in [5.41, 5.74) is 1.83. The van der Waals surface area contributed by atoms with E-state index in [2.05, 4.69) is 24.4 Å². The lowest BCUT2D eigenvalue weighted by molar-refractivity contribution is 0.0951. The van der Waals surface area contributed by atoms with Gasteiger partial charge in [-0.2, -0.15) is 0 Å². The highest BCUT2D eigenvalue weighted by Gasteiger charge is 2.14. The van der Waals surface area contributed by atoms with Gasteiger partial charge in [0.05, 0.1) is 13.2 Å². The highest BCUT2D eigenvalue weighted by molar-refractivity contribution is 7.11. The van der Waals surface area contributed by atoms with Gasteiger partial charge in [-0.25, -0.2) is 0 Å². The summed E-state index contributed by atoms with van der Waals surface area (Å²) in [5, 5.41) is 2.95. The third-order valence-corrected chi connectivity index (χ3v) is 4.17. The highest BCUT2D eigenvalue weighted by Crippen LogP contribution is 2.25. The molecule has 1 aromatic heterocycles. The Kier molecular flexibility index (Phi) is 3.25. The van der Waals surface area contributed by atoms with Crippen molar-refractivity contribution >= 4 is 17.2 Å². The van der Waals surface area contributed by atoms with Gasteiger partial charge in [0.1, 0.15) is 5.75 Å². The molecule has 1 amide bonds. The summed E-state index contributed by atoms with van der Waals surface area (Å²) in [5.74, 6) is 0.881. The molecule has 1 aromatic carbocycles.